The first-order valence-electron chi connectivity index (χ1n) is 18.4. The van der Waals surface area contributed by atoms with Crippen molar-refractivity contribution < 1.29 is 9.53 Å². The fourth-order valence-corrected chi connectivity index (χ4v) is 12.0. The molecular weight excluding hydrogens is 512 g/mol. The minimum atomic E-state index is 0.0708. The van der Waals surface area contributed by atoms with Gasteiger partial charge in [-0.15, -0.1) is 0 Å². The zero-order valence-electron chi connectivity index (χ0n) is 27.8. The predicted octanol–water partition coefficient (Wildman–Crippen LogP) is 11.0. The van der Waals surface area contributed by atoms with Crippen molar-refractivity contribution in [2.75, 3.05) is 0 Å². The molecule has 4 fully saturated rings. The standard InChI is InChI=1S/C40H62O2/c1-28(2)12-11-13-29(3)34-18-19-35-33-17-16-31-26-32(20-24-38(31,4)36(33)21-25-39(34,35)5)42-37(41)27-40(22-9-6-10-23-40)30-14-7-8-15-30/h7-8,14-16,28-30,32-36H,6,9-13,17-27H2,1-5H3/t29-,32+,33+,34-,35+,36+,38+,39-/m1/s1. The number of carbonyl (C=O) groups excluding carboxylic acids is 1. The van der Waals surface area contributed by atoms with Gasteiger partial charge in [-0.2, -0.15) is 0 Å². The summed E-state index contributed by atoms with van der Waals surface area (Å²) >= 11 is 0. The summed E-state index contributed by atoms with van der Waals surface area (Å²) in [5.74, 6) is 5.71. The Morgan fingerprint density at radius 3 is 2.40 bits per heavy atom. The molecule has 0 aromatic rings. The first-order valence-corrected chi connectivity index (χ1v) is 18.4. The molecule has 8 atom stereocenters. The van der Waals surface area contributed by atoms with E-state index in [1.54, 1.807) is 5.57 Å². The summed E-state index contributed by atoms with van der Waals surface area (Å²) in [6.07, 6.45) is 33.0. The van der Waals surface area contributed by atoms with Gasteiger partial charge in [-0.3, -0.25) is 4.79 Å². The van der Waals surface area contributed by atoms with Gasteiger partial charge < -0.3 is 4.74 Å². The molecule has 42 heavy (non-hydrogen) atoms. The molecule has 0 aromatic carbocycles. The highest BCUT2D eigenvalue weighted by atomic mass is 16.5. The third kappa shape index (κ3) is 5.64. The smallest absolute Gasteiger partial charge is 0.306 e. The molecule has 0 spiro atoms. The summed E-state index contributed by atoms with van der Waals surface area (Å²) in [6, 6.07) is 0. The van der Waals surface area contributed by atoms with Gasteiger partial charge >= 0.3 is 5.97 Å². The molecular formula is C40H62O2. The number of esters is 1. The van der Waals surface area contributed by atoms with E-state index in [1.165, 1.54) is 77.0 Å². The lowest BCUT2D eigenvalue weighted by atomic mass is 9.47. The van der Waals surface area contributed by atoms with Crippen LogP contribution in [0.25, 0.3) is 0 Å². The van der Waals surface area contributed by atoms with E-state index in [9.17, 15) is 4.79 Å². The highest BCUT2D eigenvalue weighted by Gasteiger charge is 2.59. The lowest BCUT2D eigenvalue weighted by Crippen LogP contribution is -2.51. The molecule has 6 rings (SSSR count). The summed E-state index contributed by atoms with van der Waals surface area (Å²) in [4.78, 5) is 13.5. The van der Waals surface area contributed by atoms with Crippen molar-refractivity contribution in [3.63, 3.8) is 0 Å². The fourth-order valence-electron chi connectivity index (χ4n) is 12.0. The van der Waals surface area contributed by atoms with E-state index in [-0.39, 0.29) is 17.5 Å². The summed E-state index contributed by atoms with van der Waals surface area (Å²) in [5.41, 5.74) is 2.59. The first-order chi connectivity index (χ1) is 20.1. The normalized spacial score (nSPS) is 39.9. The van der Waals surface area contributed by atoms with Gasteiger partial charge in [-0.1, -0.05) is 109 Å². The van der Waals surface area contributed by atoms with Crippen molar-refractivity contribution in [1.82, 2.24) is 0 Å². The molecule has 0 bridgehead atoms. The third-order valence-electron chi connectivity index (χ3n) is 14.4. The SMILES string of the molecule is CC(C)CCC[C@@H](C)[C@H]1CC[C@H]2[C@@H]3CC=C4C[C@@H](OC(=O)CC5(C6C=CC=C6)CCCCC5)CC[C@]4(C)[C@H]3CC[C@]12C. The van der Waals surface area contributed by atoms with E-state index in [4.69, 9.17) is 4.74 Å². The van der Waals surface area contributed by atoms with E-state index in [2.05, 4.69) is 65.0 Å². The van der Waals surface area contributed by atoms with Crippen molar-refractivity contribution >= 4 is 5.97 Å². The van der Waals surface area contributed by atoms with Gasteiger partial charge in [0.1, 0.15) is 6.10 Å². The maximum atomic E-state index is 13.5. The minimum absolute atomic E-state index is 0.0708. The minimum Gasteiger partial charge on any atom is -0.462 e. The Labute approximate surface area is 258 Å². The highest BCUT2D eigenvalue weighted by molar-refractivity contribution is 5.71. The second-order valence-electron chi connectivity index (χ2n) is 17.0. The van der Waals surface area contributed by atoms with Crippen LogP contribution in [0.4, 0.5) is 0 Å². The molecule has 0 aliphatic heterocycles. The van der Waals surface area contributed by atoms with E-state index in [0.717, 1.165) is 61.2 Å². The Morgan fingerprint density at radius 1 is 0.905 bits per heavy atom. The Morgan fingerprint density at radius 2 is 1.67 bits per heavy atom. The van der Waals surface area contributed by atoms with Crippen LogP contribution in [0, 0.1) is 57.7 Å². The van der Waals surface area contributed by atoms with Crippen molar-refractivity contribution in [2.45, 2.75) is 150 Å². The summed E-state index contributed by atoms with van der Waals surface area (Å²) < 4.78 is 6.35. The van der Waals surface area contributed by atoms with E-state index >= 15 is 0 Å². The second-order valence-corrected chi connectivity index (χ2v) is 17.0. The van der Waals surface area contributed by atoms with Gasteiger partial charge in [-0.25, -0.2) is 0 Å². The van der Waals surface area contributed by atoms with Crippen LogP contribution >= 0.6 is 0 Å². The van der Waals surface area contributed by atoms with Crippen LogP contribution in [0.3, 0.4) is 0 Å². The predicted molar refractivity (Wildman–Crippen MR) is 175 cm³/mol. The second kappa shape index (κ2) is 12.2. The average Bonchev–Trinajstić information content (AvgIpc) is 3.62. The molecule has 0 radical (unpaired) electrons. The van der Waals surface area contributed by atoms with Gasteiger partial charge in [0.25, 0.3) is 0 Å². The van der Waals surface area contributed by atoms with Gasteiger partial charge in [0.05, 0.1) is 6.42 Å². The van der Waals surface area contributed by atoms with Crippen LogP contribution < -0.4 is 0 Å². The number of rotatable bonds is 9. The van der Waals surface area contributed by atoms with Crippen molar-refractivity contribution in [3.8, 4) is 0 Å². The molecule has 0 amide bonds. The van der Waals surface area contributed by atoms with Crippen LogP contribution in [-0.4, -0.2) is 12.1 Å². The largest absolute Gasteiger partial charge is 0.462 e. The molecule has 0 aromatic heterocycles. The zero-order chi connectivity index (χ0) is 29.5. The van der Waals surface area contributed by atoms with E-state index in [0.29, 0.717) is 23.2 Å². The fraction of sp³-hybridized carbons (Fsp3) is 0.825. The molecule has 0 unspecified atom stereocenters. The molecule has 4 saturated carbocycles. The van der Waals surface area contributed by atoms with Gasteiger partial charge in [-0.05, 0) is 110 Å². The summed E-state index contributed by atoms with van der Waals surface area (Å²) in [6.45, 7) is 12.7. The van der Waals surface area contributed by atoms with Crippen LogP contribution in [0.2, 0.25) is 0 Å². The number of ether oxygens (including phenoxy) is 1. The number of hydrogen-bond donors (Lipinski definition) is 0. The lowest BCUT2D eigenvalue weighted by Gasteiger charge is -2.58. The molecule has 2 heteroatoms. The number of hydrogen-bond acceptors (Lipinski definition) is 2. The van der Waals surface area contributed by atoms with Gasteiger partial charge in [0.2, 0.25) is 0 Å². The average molecular weight is 575 g/mol. The van der Waals surface area contributed by atoms with Gasteiger partial charge in [0, 0.05) is 12.3 Å². The Kier molecular flexibility index (Phi) is 8.94. The molecule has 0 heterocycles. The molecule has 234 valence electrons. The van der Waals surface area contributed by atoms with Crippen molar-refractivity contribution in [2.24, 2.45) is 57.7 Å². The Balaban J connectivity index is 1.09. The van der Waals surface area contributed by atoms with E-state index in [1.807, 2.05) is 0 Å². The van der Waals surface area contributed by atoms with Crippen molar-refractivity contribution in [3.05, 3.63) is 36.0 Å². The quantitative estimate of drug-likeness (QED) is 0.202. The number of carbonyl (C=O) groups is 1. The van der Waals surface area contributed by atoms with Gasteiger partial charge in [0.15, 0.2) is 0 Å². The summed E-state index contributed by atoms with van der Waals surface area (Å²) in [7, 11) is 0. The maximum absolute atomic E-state index is 13.5. The van der Waals surface area contributed by atoms with Crippen LogP contribution in [-0.2, 0) is 9.53 Å². The Hall–Kier alpha value is -1.31. The molecule has 2 nitrogen and oxygen atoms in total. The van der Waals surface area contributed by atoms with Crippen LogP contribution in [0.5, 0.6) is 0 Å². The lowest BCUT2D eigenvalue weighted by molar-refractivity contribution is -0.155. The Bertz CT molecular complexity index is 1050. The summed E-state index contributed by atoms with van der Waals surface area (Å²) in [5, 5.41) is 0. The molecule has 0 N–H and O–H groups in total. The van der Waals surface area contributed by atoms with Crippen LogP contribution in [0.15, 0.2) is 36.0 Å². The topological polar surface area (TPSA) is 26.3 Å². The molecule has 0 saturated heterocycles. The zero-order valence-corrected chi connectivity index (χ0v) is 27.8. The molecule has 6 aliphatic rings. The maximum Gasteiger partial charge on any atom is 0.306 e. The monoisotopic (exact) mass is 574 g/mol. The molecule has 6 aliphatic carbocycles. The van der Waals surface area contributed by atoms with E-state index < -0.39 is 0 Å². The van der Waals surface area contributed by atoms with Crippen molar-refractivity contribution in [1.29, 1.82) is 0 Å². The third-order valence-corrected chi connectivity index (χ3v) is 14.4. The number of fused-ring (bicyclic) bond motifs is 5. The van der Waals surface area contributed by atoms with Crippen LogP contribution in [0.1, 0.15) is 144 Å². The highest BCUT2D eigenvalue weighted by Crippen LogP contribution is 2.67. The number of allylic oxidation sites excluding steroid dienone is 5. The first kappa shape index (κ1) is 30.7.